The molecule has 2 N–H and O–H groups in total. The Labute approximate surface area is 142 Å². The third-order valence-electron chi connectivity index (χ3n) is 4.87. The second-order valence-corrected chi connectivity index (χ2v) is 6.65. The summed E-state index contributed by atoms with van der Waals surface area (Å²) in [5, 5.41) is 3.83. The van der Waals surface area contributed by atoms with Gasteiger partial charge in [-0.25, -0.2) is 4.98 Å². The molecule has 2 heterocycles. The number of aromatic nitrogens is 2. The van der Waals surface area contributed by atoms with Crippen LogP contribution in [-0.2, 0) is 0 Å². The van der Waals surface area contributed by atoms with Crippen LogP contribution in [0, 0.1) is 6.07 Å². The van der Waals surface area contributed by atoms with E-state index in [0.717, 1.165) is 29.9 Å². The Morgan fingerprint density at radius 3 is 2.79 bits per heavy atom. The summed E-state index contributed by atoms with van der Waals surface area (Å²) in [6, 6.07) is 20.2. The van der Waals surface area contributed by atoms with Crippen molar-refractivity contribution in [3.8, 4) is 0 Å². The predicted molar refractivity (Wildman–Crippen MR) is 96.9 cm³/mol. The number of rotatable bonds is 4. The first-order valence-electron chi connectivity index (χ1n) is 8.65. The Hall–Kier alpha value is -2.17. The summed E-state index contributed by atoms with van der Waals surface area (Å²) in [7, 11) is 2.19. The van der Waals surface area contributed by atoms with Crippen molar-refractivity contribution in [1.82, 2.24) is 20.2 Å². The van der Waals surface area contributed by atoms with E-state index in [2.05, 4.69) is 52.6 Å². The Kier molecular flexibility index (Phi) is 4.32. The number of nitrogens with zero attached hydrogens (tertiary/aromatic N) is 2. The van der Waals surface area contributed by atoms with E-state index in [1.165, 1.54) is 18.4 Å². The lowest BCUT2D eigenvalue weighted by molar-refractivity contribution is 0.228. The Morgan fingerprint density at radius 2 is 2.04 bits per heavy atom. The number of aromatic amines is 1. The van der Waals surface area contributed by atoms with Crippen LogP contribution in [0.2, 0.25) is 0 Å². The van der Waals surface area contributed by atoms with E-state index >= 15 is 0 Å². The van der Waals surface area contributed by atoms with Crippen LogP contribution in [0.5, 0.6) is 0 Å². The Bertz CT molecular complexity index is 755. The molecule has 1 aliphatic rings. The Morgan fingerprint density at radius 1 is 1.21 bits per heavy atom. The van der Waals surface area contributed by atoms with Crippen molar-refractivity contribution in [2.45, 2.75) is 24.9 Å². The third kappa shape index (κ3) is 3.21. The number of H-pyrrole nitrogens is 1. The molecule has 1 aliphatic heterocycles. The van der Waals surface area contributed by atoms with Crippen LogP contribution in [0.25, 0.3) is 11.0 Å². The first kappa shape index (κ1) is 15.4. The number of hydrogen-bond donors (Lipinski definition) is 2. The SMILES string of the molecule is CN1CCC(NC(c2c[c]ccc2)c2nc3ccccc3[nH]2)CC1. The van der Waals surface area contributed by atoms with Gasteiger partial charge < -0.3 is 15.2 Å². The molecule has 123 valence electrons. The molecule has 24 heavy (non-hydrogen) atoms. The van der Waals surface area contributed by atoms with Gasteiger partial charge in [-0.3, -0.25) is 0 Å². The van der Waals surface area contributed by atoms with Crippen LogP contribution >= 0.6 is 0 Å². The quantitative estimate of drug-likeness (QED) is 0.776. The van der Waals surface area contributed by atoms with E-state index in [9.17, 15) is 0 Å². The summed E-state index contributed by atoms with van der Waals surface area (Å²) < 4.78 is 0. The van der Waals surface area contributed by atoms with Gasteiger partial charge in [0.25, 0.3) is 0 Å². The molecule has 0 spiro atoms. The van der Waals surface area contributed by atoms with E-state index in [1.54, 1.807) is 0 Å². The molecule has 1 unspecified atom stereocenters. The fourth-order valence-corrected chi connectivity index (χ4v) is 3.44. The van der Waals surface area contributed by atoms with Crippen molar-refractivity contribution in [3.05, 3.63) is 66.0 Å². The average molecular weight is 319 g/mol. The minimum absolute atomic E-state index is 0.0725. The Balaban J connectivity index is 1.65. The highest BCUT2D eigenvalue weighted by molar-refractivity contribution is 5.74. The number of imidazole rings is 1. The largest absolute Gasteiger partial charge is 0.340 e. The van der Waals surface area contributed by atoms with Crippen molar-refractivity contribution in [3.63, 3.8) is 0 Å². The molecule has 1 fully saturated rings. The molecule has 4 rings (SSSR count). The number of piperidine rings is 1. The van der Waals surface area contributed by atoms with Crippen molar-refractivity contribution in [2.24, 2.45) is 0 Å². The minimum atomic E-state index is 0.0725. The summed E-state index contributed by atoms with van der Waals surface area (Å²) in [5.74, 6) is 0.981. The van der Waals surface area contributed by atoms with Crippen LogP contribution in [0.1, 0.15) is 30.3 Å². The molecular weight excluding hydrogens is 296 g/mol. The number of benzene rings is 2. The monoisotopic (exact) mass is 319 g/mol. The number of hydrogen-bond acceptors (Lipinski definition) is 3. The molecule has 0 aliphatic carbocycles. The molecule has 0 saturated carbocycles. The molecule has 1 radical (unpaired) electrons. The van der Waals surface area contributed by atoms with E-state index in [4.69, 9.17) is 4.98 Å². The highest BCUT2D eigenvalue weighted by Gasteiger charge is 2.24. The normalized spacial score (nSPS) is 18.0. The summed E-state index contributed by atoms with van der Waals surface area (Å²) in [6.45, 7) is 2.29. The molecule has 0 amide bonds. The lowest BCUT2D eigenvalue weighted by Gasteiger charge is -2.32. The van der Waals surface area contributed by atoms with Gasteiger partial charge in [-0.05, 0) is 62.8 Å². The number of nitrogens with one attached hydrogen (secondary N) is 2. The van der Waals surface area contributed by atoms with Crippen molar-refractivity contribution >= 4 is 11.0 Å². The van der Waals surface area contributed by atoms with Gasteiger partial charge in [0.2, 0.25) is 0 Å². The molecule has 4 nitrogen and oxygen atoms in total. The topological polar surface area (TPSA) is 44.0 Å². The van der Waals surface area contributed by atoms with Gasteiger partial charge in [-0.1, -0.05) is 30.3 Å². The highest BCUT2D eigenvalue weighted by atomic mass is 15.1. The summed E-state index contributed by atoms with van der Waals surface area (Å²) in [6.07, 6.45) is 2.34. The minimum Gasteiger partial charge on any atom is -0.340 e. The second kappa shape index (κ2) is 6.75. The molecule has 1 atom stereocenters. The first-order valence-corrected chi connectivity index (χ1v) is 8.65. The van der Waals surface area contributed by atoms with Crippen molar-refractivity contribution < 1.29 is 0 Å². The van der Waals surface area contributed by atoms with Gasteiger partial charge in [0.05, 0.1) is 17.1 Å². The molecule has 3 aromatic rings. The zero-order valence-corrected chi connectivity index (χ0v) is 14.0. The molecule has 1 saturated heterocycles. The second-order valence-electron chi connectivity index (χ2n) is 6.65. The maximum Gasteiger partial charge on any atom is 0.129 e. The number of fused-ring (bicyclic) bond motifs is 1. The van der Waals surface area contributed by atoms with Gasteiger partial charge >= 0.3 is 0 Å². The maximum absolute atomic E-state index is 4.83. The molecular formula is C20H23N4. The lowest BCUT2D eigenvalue weighted by atomic mass is 10.0. The zero-order valence-electron chi connectivity index (χ0n) is 14.0. The zero-order chi connectivity index (χ0) is 16.4. The van der Waals surface area contributed by atoms with E-state index in [0.29, 0.717) is 6.04 Å². The number of para-hydroxylation sites is 2. The summed E-state index contributed by atoms with van der Waals surface area (Å²) >= 11 is 0. The van der Waals surface area contributed by atoms with E-state index in [-0.39, 0.29) is 6.04 Å². The van der Waals surface area contributed by atoms with E-state index in [1.807, 2.05) is 24.3 Å². The van der Waals surface area contributed by atoms with Crippen LogP contribution < -0.4 is 5.32 Å². The highest BCUT2D eigenvalue weighted by Crippen LogP contribution is 2.24. The third-order valence-corrected chi connectivity index (χ3v) is 4.87. The number of likely N-dealkylation sites (tertiary alicyclic amines) is 1. The van der Waals surface area contributed by atoms with Gasteiger partial charge in [-0.2, -0.15) is 0 Å². The fourth-order valence-electron chi connectivity index (χ4n) is 3.44. The van der Waals surface area contributed by atoms with Crippen LogP contribution in [0.3, 0.4) is 0 Å². The van der Waals surface area contributed by atoms with Crippen molar-refractivity contribution in [1.29, 1.82) is 0 Å². The van der Waals surface area contributed by atoms with Gasteiger partial charge in [-0.15, -0.1) is 0 Å². The van der Waals surface area contributed by atoms with Crippen LogP contribution in [-0.4, -0.2) is 41.0 Å². The van der Waals surface area contributed by atoms with Gasteiger partial charge in [0.15, 0.2) is 0 Å². The predicted octanol–water partition coefficient (Wildman–Crippen LogP) is 3.14. The van der Waals surface area contributed by atoms with Gasteiger partial charge in [0.1, 0.15) is 5.82 Å². The fraction of sp³-hybridized carbons (Fsp3) is 0.350. The standard InChI is InChI=1S/C20H23N4/c1-24-13-11-16(12-14-24)21-19(15-7-3-2-4-8-15)20-22-17-9-5-6-10-18(17)23-20/h2-3,5-10,16,19,21H,11-14H2,1H3,(H,22,23). The molecule has 1 aromatic heterocycles. The molecule has 4 heteroatoms. The molecule has 0 bridgehead atoms. The van der Waals surface area contributed by atoms with Crippen LogP contribution in [0.4, 0.5) is 0 Å². The maximum atomic E-state index is 4.83. The van der Waals surface area contributed by atoms with E-state index < -0.39 is 0 Å². The summed E-state index contributed by atoms with van der Waals surface area (Å²) in [4.78, 5) is 10.7. The first-order chi connectivity index (χ1) is 11.8. The van der Waals surface area contributed by atoms with Crippen LogP contribution in [0.15, 0.2) is 48.5 Å². The average Bonchev–Trinajstić information content (AvgIpc) is 3.06. The summed E-state index contributed by atoms with van der Waals surface area (Å²) in [5.41, 5.74) is 3.31. The molecule has 2 aromatic carbocycles. The van der Waals surface area contributed by atoms with Crippen molar-refractivity contribution in [2.75, 3.05) is 20.1 Å². The smallest absolute Gasteiger partial charge is 0.129 e. The lowest BCUT2D eigenvalue weighted by Crippen LogP contribution is -2.42. The van der Waals surface area contributed by atoms with Gasteiger partial charge in [0, 0.05) is 6.04 Å².